The molecule has 0 bridgehead atoms. The molecule has 0 aliphatic rings. The molecule has 0 radical (unpaired) electrons. The molecule has 0 heterocycles. The normalized spacial score (nSPS) is 11.9. The molecule has 106 valence electrons. The lowest BCUT2D eigenvalue weighted by molar-refractivity contribution is 0.410. The zero-order valence-corrected chi connectivity index (χ0v) is 11.8. The van der Waals surface area contributed by atoms with E-state index in [2.05, 4.69) is 5.32 Å². The van der Waals surface area contributed by atoms with Gasteiger partial charge in [0.2, 0.25) is 0 Å². The van der Waals surface area contributed by atoms with Crippen LogP contribution in [0.15, 0.2) is 36.4 Å². The first-order valence-corrected chi connectivity index (χ1v) is 6.44. The van der Waals surface area contributed by atoms with Gasteiger partial charge in [-0.2, -0.15) is 0 Å². The molecule has 0 fully saturated rings. The lowest BCUT2D eigenvalue weighted by Crippen LogP contribution is -2.07. The molecule has 4 nitrogen and oxygen atoms in total. The zero-order valence-electron chi connectivity index (χ0n) is 11.8. The number of aromatic hydroxyl groups is 2. The van der Waals surface area contributed by atoms with Crippen molar-refractivity contribution >= 4 is 5.69 Å². The number of methoxy groups -OCH3 is 1. The Bertz CT molecular complexity index is 611. The summed E-state index contributed by atoms with van der Waals surface area (Å²) in [6.07, 6.45) is 0. The van der Waals surface area contributed by atoms with E-state index in [1.54, 1.807) is 31.4 Å². The highest BCUT2D eigenvalue weighted by Gasteiger charge is 2.12. The monoisotopic (exact) mass is 273 g/mol. The molecule has 4 heteroatoms. The van der Waals surface area contributed by atoms with Gasteiger partial charge in [0.15, 0.2) is 0 Å². The smallest absolute Gasteiger partial charge is 0.121 e. The minimum absolute atomic E-state index is 0.118. The molecule has 3 N–H and O–H groups in total. The van der Waals surface area contributed by atoms with Crippen molar-refractivity contribution in [2.75, 3.05) is 12.4 Å². The molecule has 0 aliphatic heterocycles. The van der Waals surface area contributed by atoms with Crippen molar-refractivity contribution in [1.82, 2.24) is 0 Å². The van der Waals surface area contributed by atoms with Gasteiger partial charge in [-0.1, -0.05) is 6.07 Å². The molecule has 20 heavy (non-hydrogen) atoms. The van der Waals surface area contributed by atoms with Crippen LogP contribution in [0.3, 0.4) is 0 Å². The third-order valence-electron chi connectivity index (χ3n) is 3.29. The fraction of sp³-hybridized carbons (Fsp3) is 0.250. The molecule has 1 unspecified atom stereocenters. The van der Waals surface area contributed by atoms with Gasteiger partial charge in [-0.05, 0) is 43.7 Å². The van der Waals surface area contributed by atoms with Crippen LogP contribution >= 0.6 is 0 Å². The Labute approximate surface area is 118 Å². The molecule has 0 saturated heterocycles. The van der Waals surface area contributed by atoms with E-state index < -0.39 is 0 Å². The van der Waals surface area contributed by atoms with Crippen LogP contribution in [0.25, 0.3) is 0 Å². The zero-order chi connectivity index (χ0) is 14.7. The number of rotatable bonds is 4. The predicted molar refractivity (Wildman–Crippen MR) is 79.5 cm³/mol. The first kappa shape index (κ1) is 14.1. The molecule has 0 spiro atoms. The van der Waals surface area contributed by atoms with Crippen molar-refractivity contribution in [1.29, 1.82) is 0 Å². The Kier molecular flexibility index (Phi) is 4.03. The third kappa shape index (κ3) is 2.96. The second-order valence-corrected chi connectivity index (χ2v) is 4.79. The number of hydrogen-bond donors (Lipinski definition) is 3. The Balaban J connectivity index is 2.23. The number of hydrogen-bond acceptors (Lipinski definition) is 4. The maximum atomic E-state index is 9.93. The molecule has 2 aromatic carbocycles. The van der Waals surface area contributed by atoms with Crippen molar-refractivity contribution in [3.05, 3.63) is 47.5 Å². The van der Waals surface area contributed by atoms with E-state index in [1.807, 2.05) is 26.0 Å². The van der Waals surface area contributed by atoms with E-state index in [0.29, 0.717) is 5.75 Å². The van der Waals surface area contributed by atoms with E-state index in [1.165, 1.54) is 0 Å². The summed E-state index contributed by atoms with van der Waals surface area (Å²) in [6.45, 7) is 3.78. The number of phenols is 2. The van der Waals surface area contributed by atoms with Crippen LogP contribution in [0.1, 0.15) is 24.1 Å². The first-order valence-electron chi connectivity index (χ1n) is 6.44. The van der Waals surface area contributed by atoms with E-state index in [-0.39, 0.29) is 17.5 Å². The maximum Gasteiger partial charge on any atom is 0.121 e. The summed E-state index contributed by atoms with van der Waals surface area (Å²) in [5, 5.41) is 22.9. The maximum absolute atomic E-state index is 9.93. The number of benzene rings is 2. The van der Waals surface area contributed by atoms with Crippen molar-refractivity contribution < 1.29 is 14.9 Å². The number of nitrogens with one attached hydrogen (secondary N) is 1. The third-order valence-corrected chi connectivity index (χ3v) is 3.29. The topological polar surface area (TPSA) is 61.7 Å². The van der Waals surface area contributed by atoms with Crippen LogP contribution in [0.2, 0.25) is 0 Å². The van der Waals surface area contributed by atoms with E-state index >= 15 is 0 Å². The number of phenolic OH excluding ortho intramolecular Hbond substituents is 2. The van der Waals surface area contributed by atoms with Crippen molar-refractivity contribution in [3.8, 4) is 17.2 Å². The highest BCUT2D eigenvalue weighted by molar-refractivity contribution is 5.53. The molecule has 1 atom stereocenters. The fourth-order valence-corrected chi connectivity index (χ4v) is 2.03. The van der Waals surface area contributed by atoms with Crippen LogP contribution in [0.4, 0.5) is 5.69 Å². The summed E-state index contributed by atoms with van der Waals surface area (Å²) in [7, 11) is 1.59. The summed E-state index contributed by atoms with van der Waals surface area (Å²) >= 11 is 0. The van der Waals surface area contributed by atoms with Gasteiger partial charge in [-0.25, -0.2) is 0 Å². The molecule has 0 amide bonds. The minimum Gasteiger partial charge on any atom is -0.508 e. The quantitative estimate of drug-likeness (QED) is 0.796. The average Bonchev–Trinajstić information content (AvgIpc) is 2.43. The Morgan fingerprint density at radius 2 is 1.80 bits per heavy atom. The van der Waals surface area contributed by atoms with Gasteiger partial charge < -0.3 is 20.3 Å². The van der Waals surface area contributed by atoms with E-state index in [9.17, 15) is 10.2 Å². The van der Waals surface area contributed by atoms with Crippen LogP contribution in [0.5, 0.6) is 17.2 Å². The van der Waals surface area contributed by atoms with E-state index in [0.717, 1.165) is 16.8 Å². The summed E-state index contributed by atoms with van der Waals surface area (Å²) < 4.78 is 5.17. The van der Waals surface area contributed by atoms with Crippen LogP contribution < -0.4 is 10.1 Å². The number of anilines is 1. The minimum atomic E-state index is -0.118. The van der Waals surface area contributed by atoms with Crippen molar-refractivity contribution in [2.24, 2.45) is 0 Å². The van der Waals surface area contributed by atoms with Crippen LogP contribution in [-0.4, -0.2) is 17.3 Å². The summed E-state index contributed by atoms with van der Waals surface area (Å²) in [5.41, 5.74) is 2.36. The first-order chi connectivity index (χ1) is 9.51. The SMILES string of the molecule is COc1ccc(O)c(C(C)Nc2ccc(C)c(O)c2)c1. The Morgan fingerprint density at radius 3 is 2.45 bits per heavy atom. The fourth-order valence-electron chi connectivity index (χ4n) is 2.03. The van der Waals surface area contributed by atoms with Gasteiger partial charge in [-0.15, -0.1) is 0 Å². The molecule has 0 aromatic heterocycles. The van der Waals surface area contributed by atoms with Crippen molar-refractivity contribution in [2.45, 2.75) is 19.9 Å². The number of ether oxygens (including phenoxy) is 1. The molecular weight excluding hydrogens is 254 g/mol. The second kappa shape index (κ2) is 5.74. The number of aryl methyl sites for hydroxylation is 1. The largest absolute Gasteiger partial charge is 0.508 e. The highest BCUT2D eigenvalue weighted by Crippen LogP contribution is 2.31. The molecule has 0 saturated carbocycles. The average molecular weight is 273 g/mol. The van der Waals surface area contributed by atoms with Crippen LogP contribution in [0, 0.1) is 6.92 Å². The summed E-state index contributed by atoms with van der Waals surface area (Å²) in [4.78, 5) is 0. The van der Waals surface area contributed by atoms with Gasteiger partial charge in [0.05, 0.1) is 13.2 Å². The molecular formula is C16H19NO3. The van der Waals surface area contributed by atoms with Gasteiger partial charge in [0.1, 0.15) is 17.2 Å². The van der Waals surface area contributed by atoms with Gasteiger partial charge in [0.25, 0.3) is 0 Å². The lowest BCUT2D eigenvalue weighted by atomic mass is 10.1. The second-order valence-electron chi connectivity index (χ2n) is 4.79. The lowest BCUT2D eigenvalue weighted by Gasteiger charge is -2.18. The Hall–Kier alpha value is -2.36. The van der Waals surface area contributed by atoms with E-state index in [4.69, 9.17) is 4.74 Å². The molecule has 2 aromatic rings. The van der Waals surface area contributed by atoms with Crippen molar-refractivity contribution in [3.63, 3.8) is 0 Å². The van der Waals surface area contributed by atoms with Gasteiger partial charge in [0, 0.05) is 17.3 Å². The Morgan fingerprint density at radius 1 is 1.05 bits per heavy atom. The van der Waals surface area contributed by atoms with Gasteiger partial charge in [-0.3, -0.25) is 0 Å². The van der Waals surface area contributed by atoms with Crippen LogP contribution in [-0.2, 0) is 0 Å². The standard InChI is InChI=1S/C16H19NO3/c1-10-4-5-12(8-16(10)19)17-11(2)14-9-13(20-3)6-7-15(14)18/h4-9,11,17-19H,1-3H3. The summed E-state index contributed by atoms with van der Waals surface area (Å²) in [5.74, 6) is 1.15. The summed E-state index contributed by atoms with van der Waals surface area (Å²) in [6, 6.07) is 10.4. The molecule has 0 aliphatic carbocycles. The highest BCUT2D eigenvalue weighted by atomic mass is 16.5. The predicted octanol–water partition coefficient (Wildman–Crippen LogP) is 3.59. The molecule has 2 rings (SSSR count). The van der Waals surface area contributed by atoms with Gasteiger partial charge >= 0.3 is 0 Å².